The topological polar surface area (TPSA) is 78.4 Å². The Labute approximate surface area is 103 Å². The van der Waals surface area contributed by atoms with Crippen LogP contribution in [0.4, 0.5) is 4.79 Å². The first-order valence-corrected chi connectivity index (χ1v) is 5.90. The number of amides is 2. The average Bonchev–Trinajstić information content (AvgIpc) is 2.13. The van der Waals surface area contributed by atoms with E-state index in [1.807, 2.05) is 27.7 Å². The molecular formula is C12H24N2O3. The van der Waals surface area contributed by atoms with E-state index in [-0.39, 0.29) is 5.41 Å². The fourth-order valence-corrected chi connectivity index (χ4v) is 1.36. The number of carbonyl (C=O) groups is 2. The Morgan fingerprint density at radius 2 is 1.71 bits per heavy atom. The Morgan fingerprint density at radius 3 is 2.06 bits per heavy atom. The Hall–Kier alpha value is -1.26. The Morgan fingerprint density at radius 1 is 1.18 bits per heavy atom. The second kappa shape index (κ2) is 5.89. The minimum Gasteiger partial charge on any atom is -0.480 e. The zero-order chi connectivity index (χ0) is 13.7. The van der Waals surface area contributed by atoms with Gasteiger partial charge >= 0.3 is 12.0 Å². The lowest BCUT2D eigenvalue weighted by Gasteiger charge is -2.27. The molecular weight excluding hydrogens is 220 g/mol. The lowest BCUT2D eigenvalue weighted by atomic mass is 9.96. The van der Waals surface area contributed by atoms with Crippen molar-refractivity contribution in [3.63, 3.8) is 0 Å². The molecule has 1 unspecified atom stereocenters. The molecule has 2 amide bonds. The van der Waals surface area contributed by atoms with Crippen LogP contribution in [0.15, 0.2) is 0 Å². The molecule has 0 spiro atoms. The molecule has 0 heterocycles. The van der Waals surface area contributed by atoms with E-state index in [9.17, 15) is 9.59 Å². The van der Waals surface area contributed by atoms with Crippen molar-refractivity contribution in [2.24, 2.45) is 5.41 Å². The van der Waals surface area contributed by atoms with Gasteiger partial charge in [-0.1, -0.05) is 34.1 Å². The van der Waals surface area contributed by atoms with E-state index in [1.165, 1.54) is 6.92 Å². The lowest BCUT2D eigenvalue weighted by molar-refractivity contribution is -0.144. The van der Waals surface area contributed by atoms with E-state index in [2.05, 4.69) is 10.6 Å². The van der Waals surface area contributed by atoms with Crippen molar-refractivity contribution >= 4 is 12.0 Å². The minimum absolute atomic E-state index is 0.0261. The van der Waals surface area contributed by atoms with Crippen LogP contribution in [0.5, 0.6) is 0 Å². The van der Waals surface area contributed by atoms with Crippen LogP contribution < -0.4 is 10.6 Å². The number of carbonyl (C=O) groups excluding carboxylic acids is 1. The summed E-state index contributed by atoms with van der Waals surface area (Å²) < 4.78 is 0. The van der Waals surface area contributed by atoms with Crippen molar-refractivity contribution < 1.29 is 14.7 Å². The molecule has 0 aromatic heterocycles. The number of carboxylic acids is 1. The van der Waals surface area contributed by atoms with Crippen LogP contribution >= 0.6 is 0 Å². The van der Waals surface area contributed by atoms with Crippen LogP contribution in [0.3, 0.4) is 0 Å². The third-order valence-corrected chi connectivity index (χ3v) is 2.39. The molecule has 0 aliphatic heterocycles. The highest BCUT2D eigenvalue weighted by Crippen LogP contribution is 2.13. The summed E-state index contributed by atoms with van der Waals surface area (Å²) in [4.78, 5) is 22.7. The van der Waals surface area contributed by atoms with Crippen LogP contribution in [0.1, 0.15) is 47.5 Å². The molecule has 0 aromatic carbocycles. The molecule has 0 radical (unpaired) electrons. The molecule has 1 atom stereocenters. The predicted molar refractivity (Wildman–Crippen MR) is 66.9 cm³/mol. The summed E-state index contributed by atoms with van der Waals surface area (Å²) in [5, 5.41) is 14.3. The van der Waals surface area contributed by atoms with Crippen molar-refractivity contribution in [1.29, 1.82) is 0 Å². The fourth-order valence-electron chi connectivity index (χ4n) is 1.36. The van der Waals surface area contributed by atoms with Gasteiger partial charge in [-0.05, 0) is 18.8 Å². The first-order chi connectivity index (χ1) is 7.60. The van der Waals surface area contributed by atoms with Crippen LogP contribution in [0.25, 0.3) is 0 Å². The van der Waals surface area contributed by atoms with Crippen LogP contribution in [-0.4, -0.2) is 29.2 Å². The Bertz CT molecular complexity index is 284. The zero-order valence-electron chi connectivity index (χ0n) is 11.4. The number of hydrogen-bond acceptors (Lipinski definition) is 2. The van der Waals surface area contributed by atoms with Crippen molar-refractivity contribution in [2.75, 3.05) is 6.54 Å². The number of nitrogens with one attached hydrogen (secondary N) is 2. The van der Waals surface area contributed by atoms with E-state index in [0.717, 1.165) is 0 Å². The SMILES string of the molecule is CCCC(C)(NC(=O)NCC(C)(C)C)C(=O)O. The Kier molecular flexibility index (Phi) is 5.45. The molecule has 17 heavy (non-hydrogen) atoms. The summed E-state index contributed by atoms with van der Waals surface area (Å²) in [6.45, 7) is 9.90. The first kappa shape index (κ1) is 15.7. The molecule has 0 saturated heterocycles. The van der Waals surface area contributed by atoms with Crippen molar-refractivity contribution in [3.05, 3.63) is 0 Å². The number of carboxylic acid groups (broad SMARTS) is 1. The van der Waals surface area contributed by atoms with Gasteiger partial charge in [0.25, 0.3) is 0 Å². The molecule has 5 nitrogen and oxygen atoms in total. The highest BCUT2D eigenvalue weighted by molar-refractivity contribution is 5.85. The summed E-state index contributed by atoms with van der Waals surface area (Å²) >= 11 is 0. The smallest absolute Gasteiger partial charge is 0.329 e. The van der Waals surface area contributed by atoms with E-state index < -0.39 is 17.5 Å². The molecule has 0 fully saturated rings. The molecule has 0 saturated carbocycles. The normalized spacial score (nSPS) is 14.9. The van der Waals surface area contributed by atoms with Crippen molar-refractivity contribution in [2.45, 2.75) is 53.0 Å². The van der Waals surface area contributed by atoms with Gasteiger partial charge in [-0.3, -0.25) is 0 Å². The average molecular weight is 244 g/mol. The third kappa shape index (κ3) is 6.14. The third-order valence-electron chi connectivity index (χ3n) is 2.39. The van der Waals surface area contributed by atoms with E-state index >= 15 is 0 Å². The maximum Gasteiger partial charge on any atom is 0.329 e. The van der Waals surface area contributed by atoms with Crippen LogP contribution in [0, 0.1) is 5.41 Å². The number of rotatable bonds is 5. The van der Waals surface area contributed by atoms with E-state index in [4.69, 9.17) is 5.11 Å². The maximum atomic E-state index is 11.6. The van der Waals surface area contributed by atoms with Gasteiger partial charge < -0.3 is 15.7 Å². The van der Waals surface area contributed by atoms with Gasteiger partial charge in [0.1, 0.15) is 5.54 Å². The molecule has 3 N–H and O–H groups in total. The maximum absolute atomic E-state index is 11.6. The second-order valence-electron chi connectivity index (χ2n) is 5.76. The van der Waals surface area contributed by atoms with Crippen molar-refractivity contribution in [1.82, 2.24) is 10.6 Å². The molecule has 0 bridgehead atoms. The standard InChI is InChI=1S/C12H24N2O3/c1-6-7-12(5,9(15)16)14-10(17)13-8-11(2,3)4/h6-8H2,1-5H3,(H,15,16)(H2,13,14,17). The second-order valence-corrected chi connectivity index (χ2v) is 5.76. The molecule has 100 valence electrons. The number of hydrogen-bond donors (Lipinski definition) is 3. The molecule has 5 heteroatoms. The highest BCUT2D eigenvalue weighted by atomic mass is 16.4. The van der Waals surface area contributed by atoms with Gasteiger partial charge in [0.15, 0.2) is 0 Å². The van der Waals surface area contributed by atoms with Gasteiger partial charge in [-0.15, -0.1) is 0 Å². The molecule has 0 aromatic rings. The van der Waals surface area contributed by atoms with Gasteiger partial charge in [0.05, 0.1) is 0 Å². The summed E-state index contributed by atoms with van der Waals surface area (Å²) in [6.07, 6.45) is 1.10. The van der Waals surface area contributed by atoms with Gasteiger partial charge in [-0.25, -0.2) is 9.59 Å². The van der Waals surface area contributed by atoms with Crippen LogP contribution in [-0.2, 0) is 4.79 Å². The largest absolute Gasteiger partial charge is 0.480 e. The predicted octanol–water partition coefficient (Wildman–Crippen LogP) is 1.98. The summed E-state index contributed by atoms with van der Waals surface area (Å²) in [5.41, 5.74) is -1.22. The monoisotopic (exact) mass is 244 g/mol. The summed E-state index contributed by atoms with van der Waals surface area (Å²) in [6, 6.07) is -0.432. The number of aliphatic carboxylic acids is 1. The van der Waals surface area contributed by atoms with Crippen molar-refractivity contribution in [3.8, 4) is 0 Å². The van der Waals surface area contributed by atoms with Gasteiger partial charge in [-0.2, -0.15) is 0 Å². The quantitative estimate of drug-likeness (QED) is 0.692. The van der Waals surface area contributed by atoms with E-state index in [0.29, 0.717) is 19.4 Å². The summed E-state index contributed by atoms with van der Waals surface area (Å²) in [7, 11) is 0. The molecule has 0 aliphatic rings. The summed E-state index contributed by atoms with van der Waals surface area (Å²) in [5.74, 6) is -1.01. The highest BCUT2D eigenvalue weighted by Gasteiger charge is 2.33. The van der Waals surface area contributed by atoms with Crippen LogP contribution in [0.2, 0.25) is 0 Å². The Balaban J connectivity index is 4.38. The first-order valence-electron chi connectivity index (χ1n) is 5.90. The molecule has 0 aliphatic carbocycles. The van der Waals surface area contributed by atoms with Gasteiger partial charge in [0, 0.05) is 6.54 Å². The zero-order valence-corrected chi connectivity index (χ0v) is 11.4. The van der Waals surface area contributed by atoms with E-state index in [1.54, 1.807) is 0 Å². The number of urea groups is 1. The lowest BCUT2D eigenvalue weighted by Crippen LogP contribution is -2.55. The molecule has 0 rings (SSSR count). The van der Waals surface area contributed by atoms with Gasteiger partial charge in [0.2, 0.25) is 0 Å². The minimum atomic E-state index is -1.20. The fraction of sp³-hybridized carbons (Fsp3) is 0.833.